The zero-order valence-corrected chi connectivity index (χ0v) is 34.3. The molecule has 11 atom stereocenters. The monoisotopic (exact) mass is 825 g/mol. The molecule has 3 fully saturated rings. The van der Waals surface area contributed by atoms with Crippen LogP contribution in [0.15, 0.2) is 102 Å². The van der Waals surface area contributed by atoms with Crippen molar-refractivity contribution in [1.29, 1.82) is 0 Å². The van der Waals surface area contributed by atoms with E-state index < -0.39 is 107 Å². The van der Waals surface area contributed by atoms with Gasteiger partial charge >= 0.3 is 17.9 Å². The van der Waals surface area contributed by atoms with Crippen molar-refractivity contribution in [3.63, 3.8) is 0 Å². The summed E-state index contributed by atoms with van der Waals surface area (Å²) in [5, 5.41) is 40.1. The number of nitrogens with one attached hydrogen (secondary N) is 1. The Bertz CT molecular complexity index is 2180. The average molecular weight is 826 g/mol. The van der Waals surface area contributed by atoms with E-state index >= 15 is 4.79 Å². The Morgan fingerprint density at radius 3 is 2.02 bits per heavy atom. The van der Waals surface area contributed by atoms with Gasteiger partial charge in [-0.1, -0.05) is 80.6 Å². The van der Waals surface area contributed by atoms with Crippen LogP contribution in [0.1, 0.15) is 79.8 Å². The molecular formula is C46H51NO13. The zero-order valence-electron chi connectivity index (χ0n) is 34.3. The van der Waals surface area contributed by atoms with Crippen LogP contribution >= 0.6 is 0 Å². The SMILES string of the molecule is CO[C@H]1C(=O)[C@@]2(C)C([C@H](OC(=O)c3ccccc3)[C@]3(O)C[C@H](OC(=O)[C@H](O)[C@@H](NC(=O)c4ccccc4)c4ccccc4)C(C)=C1C3(C)C)[C@]1(OC(C)=O)CO[C@@H]1C[C@@H]2O. The zero-order chi connectivity index (χ0) is 43.4. The third kappa shape index (κ3) is 6.84. The predicted octanol–water partition coefficient (Wildman–Crippen LogP) is 3.82. The van der Waals surface area contributed by atoms with Gasteiger partial charge in [-0.15, -0.1) is 0 Å². The van der Waals surface area contributed by atoms with Crippen LogP contribution in [-0.2, 0) is 38.1 Å². The smallest absolute Gasteiger partial charge is 0.338 e. The predicted molar refractivity (Wildman–Crippen MR) is 213 cm³/mol. The van der Waals surface area contributed by atoms with Gasteiger partial charge in [-0.3, -0.25) is 14.4 Å². The maximum Gasteiger partial charge on any atom is 0.338 e. The Balaban J connectivity index is 1.36. The number of fused-ring (bicyclic) bond motifs is 5. The number of aliphatic hydroxyl groups excluding tert-OH is 2. The molecule has 7 rings (SSSR count). The highest BCUT2D eigenvalue weighted by molar-refractivity contribution is 5.95. The number of ether oxygens (including phenoxy) is 5. The van der Waals surface area contributed by atoms with Crippen molar-refractivity contribution < 1.29 is 63.0 Å². The number of rotatable bonds is 10. The first kappa shape index (κ1) is 42.9. The van der Waals surface area contributed by atoms with Gasteiger partial charge in [0.1, 0.15) is 30.0 Å². The molecule has 0 aromatic heterocycles. The number of aliphatic hydroxyl groups is 3. The number of hydrogen-bond acceptors (Lipinski definition) is 13. The second-order valence-electron chi connectivity index (χ2n) is 17.0. The molecule has 3 aliphatic carbocycles. The lowest BCUT2D eigenvalue weighted by Gasteiger charge is -2.67. The molecule has 1 amide bonds. The minimum atomic E-state index is -2.27. The third-order valence-corrected chi connectivity index (χ3v) is 13.4. The summed E-state index contributed by atoms with van der Waals surface area (Å²) in [6.45, 7) is 7.37. The molecule has 1 saturated heterocycles. The van der Waals surface area contributed by atoms with Crippen LogP contribution in [0.25, 0.3) is 0 Å². The maximum atomic E-state index is 15.3. The summed E-state index contributed by atoms with van der Waals surface area (Å²) in [6.07, 6.45) is -9.51. The fraction of sp³-hybridized carbons (Fsp3) is 0.457. The van der Waals surface area contributed by atoms with E-state index in [1.54, 1.807) is 99.6 Å². The molecule has 14 heteroatoms. The van der Waals surface area contributed by atoms with Crippen molar-refractivity contribution in [2.75, 3.05) is 13.7 Å². The van der Waals surface area contributed by atoms with Gasteiger partial charge in [-0.25, -0.2) is 9.59 Å². The molecule has 3 aromatic carbocycles. The molecule has 2 bridgehead atoms. The Morgan fingerprint density at radius 1 is 0.883 bits per heavy atom. The van der Waals surface area contributed by atoms with Crippen molar-refractivity contribution in [2.24, 2.45) is 16.7 Å². The molecule has 318 valence electrons. The van der Waals surface area contributed by atoms with E-state index in [0.29, 0.717) is 11.1 Å². The number of methoxy groups -OCH3 is 1. The quantitative estimate of drug-likeness (QED) is 0.131. The first-order chi connectivity index (χ1) is 28.4. The van der Waals surface area contributed by atoms with Gasteiger partial charge in [0.15, 0.2) is 17.5 Å². The molecule has 14 nitrogen and oxygen atoms in total. The first-order valence-corrected chi connectivity index (χ1v) is 20.0. The molecule has 0 radical (unpaired) electrons. The molecular weight excluding hydrogens is 774 g/mol. The summed E-state index contributed by atoms with van der Waals surface area (Å²) in [4.78, 5) is 70.2. The van der Waals surface area contributed by atoms with E-state index in [1.807, 2.05) is 0 Å². The second-order valence-corrected chi connectivity index (χ2v) is 17.0. The molecule has 0 spiro atoms. The molecule has 4 N–H and O–H groups in total. The van der Waals surface area contributed by atoms with Crippen LogP contribution < -0.4 is 5.32 Å². The highest BCUT2D eigenvalue weighted by Crippen LogP contribution is 2.64. The summed E-state index contributed by atoms with van der Waals surface area (Å²) in [5.74, 6) is -5.42. The molecule has 1 heterocycles. The van der Waals surface area contributed by atoms with Crippen molar-refractivity contribution in [2.45, 2.75) is 101 Å². The summed E-state index contributed by atoms with van der Waals surface area (Å²) in [6, 6.07) is 23.3. The Kier molecular flexibility index (Phi) is 11.4. The Hall–Kier alpha value is -5.25. The van der Waals surface area contributed by atoms with Crippen LogP contribution in [0, 0.1) is 16.7 Å². The van der Waals surface area contributed by atoms with Gasteiger partial charge in [-0.2, -0.15) is 0 Å². The number of ketones is 1. The van der Waals surface area contributed by atoms with Gasteiger partial charge in [0.2, 0.25) is 0 Å². The fourth-order valence-electron chi connectivity index (χ4n) is 10.1. The van der Waals surface area contributed by atoms with Gasteiger partial charge in [0, 0.05) is 37.9 Å². The maximum absolute atomic E-state index is 15.3. The Morgan fingerprint density at radius 2 is 1.47 bits per heavy atom. The molecule has 60 heavy (non-hydrogen) atoms. The van der Waals surface area contributed by atoms with Gasteiger partial charge in [0.25, 0.3) is 5.91 Å². The fourth-order valence-corrected chi connectivity index (χ4v) is 10.1. The van der Waals surface area contributed by atoms with Crippen LogP contribution in [0.3, 0.4) is 0 Å². The molecule has 3 aromatic rings. The average Bonchev–Trinajstić information content (AvgIpc) is 3.23. The van der Waals surface area contributed by atoms with E-state index in [-0.39, 0.29) is 29.7 Å². The van der Waals surface area contributed by atoms with Crippen LogP contribution in [0.2, 0.25) is 0 Å². The van der Waals surface area contributed by atoms with Crippen molar-refractivity contribution >= 4 is 29.6 Å². The third-order valence-electron chi connectivity index (χ3n) is 13.4. The van der Waals surface area contributed by atoms with Crippen molar-refractivity contribution in [3.8, 4) is 0 Å². The van der Waals surface area contributed by atoms with E-state index in [4.69, 9.17) is 23.7 Å². The largest absolute Gasteiger partial charge is 0.456 e. The standard InChI is InChI=1S/C46H51NO13/c1-25-30(58-42(54)35(50)34(27-16-10-7-11-17-27)47-40(52)28-18-12-8-13-19-28)23-46(55)39(59-41(53)29-20-14-9-15-21-29)37-44(5,38(51)36(56-6)33(25)43(46,3)4)31(49)22-32-45(37,24-57-32)60-26(2)48/h7-21,30-32,34-37,39,49-50,55H,22-24H2,1-6H3,(H,47,52)/t30-,31-,32+,34-,35+,36+,37?,39-,44+,45-,46+/m0/s1. The summed E-state index contributed by atoms with van der Waals surface area (Å²) < 4.78 is 30.5. The van der Waals surface area contributed by atoms with E-state index in [2.05, 4.69) is 5.32 Å². The van der Waals surface area contributed by atoms with Crippen molar-refractivity contribution in [3.05, 3.63) is 119 Å². The second kappa shape index (κ2) is 16.0. The number of carbonyl (C=O) groups is 5. The molecule has 2 saturated carbocycles. The lowest BCUT2D eigenvalue weighted by atomic mass is 9.44. The van der Waals surface area contributed by atoms with E-state index in [0.717, 1.165) is 0 Å². The minimum Gasteiger partial charge on any atom is -0.456 e. The molecule has 1 unspecified atom stereocenters. The van der Waals surface area contributed by atoms with Crippen LogP contribution in [-0.4, -0.2) is 106 Å². The van der Waals surface area contributed by atoms with E-state index in [1.165, 1.54) is 33.1 Å². The van der Waals surface area contributed by atoms with Gasteiger partial charge in [0.05, 0.1) is 35.6 Å². The minimum absolute atomic E-state index is 0.112. The summed E-state index contributed by atoms with van der Waals surface area (Å²) >= 11 is 0. The summed E-state index contributed by atoms with van der Waals surface area (Å²) in [5.41, 5.74) is -6.01. The topological polar surface area (TPSA) is 204 Å². The molecule has 4 aliphatic rings. The van der Waals surface area contributed by atoms with E-state index in [9.17, 15) is 34.5 Å². The number of hydrogen-bond donors (Lipinski definition) is 4. The highest BCUT2D eigenvalue weighted by atomic mass is 16.6. The number of esters is 3. The van der Waals surface area contributed by atoms with Crippen molar-refractivity contribution in [1.82, 2.24) is 5.32 Å². The number of benzene rings is 3. The first-order valence-electron chi connectivity index (χ1n) is 20.0. The van der Waals surface area contributed by atoms with Crippen LogP contribution in [0.4, 0.5) is 0 Å². The lowest BCUT2D eigenvalue weighted by molar-refractivity contribution is -0.346. The lowest BCUT2D eigenvalue weighted by Crippen LogP contribution is -2.81. The molecule has 1 aliphatic heterocycles. The summed E-state index contributed by atoms with van der Waals surface area (Å²) in [7, 11) is 1.30. The number of carbonyl (C=O) groups excluding carboxylic acids is 5. The normalized spacial score (nSPS) is 32.6. The number of Topliss-reactive ketones (excluding diaryl/α,β-unsaturated/α-hetero) is 1. The van der Waals surface area contributed by atoms with Crippen LogP contribution in [0.5, 0.6) is 0 Å². The Labute approximate surface area is 347 Å². The van der Waals surface area contributed by atoms with Gasteiger partial charge < -0.3 is 44.3 Å². The highest BCUT2D eigenvalue weighted by Gasteiger charge is 2.78. The van der Waals surface area contributed by atoms with Gasteiger partial charge in [-0.05, 0) is 54.8 Å². The number of amides is 1.